The first-order valence-electron chi connectivity index (χ1n) is 2.12. The minimum Gasteiger partial charge on any atom is -0.517 e. The summed E-state index contributed by atoms with van der Waals surface area (Å²) in [6, 6.07) is 0. The van der Waals surface area contributed by atoms with E-state index in [0.717, 1.165) is 0 Å². The van der Waals surface area contributed by atoms with Gasteiger partial charge in [-0.2, -0.15) is 0 Å². The summed E-state index contributed by atoms with van der Waals surface area (Å²) < 4.78 is 0. The lowest BCUT2D eigenvalue weighted by Crippen LogP contribution is -1.96. The van der Waals surface area contributed by atoms with Gasteiger partial charge in [-0.25, -0.2) is 0 Å². The third-order valence-corrected chi connectivity index (χ3v) is 0.500. The van der Waals surface area contributed by atoms with Gasteiger partial charge in [0.15, 0.2) is 0 Å². The van der Waals surface area contributed by atoms with Crippen molar-refractivity contribution in [1.29, 1.82) is 0 Å². The SMILES string of the molecule is [CH-]=CC(C)(C)C. The molecule has 0 saturated carbocycles. The zero-order valence-electron chi connectivity index (χ0n) is 4.65. The van der Waals surface area contributed by atoms with Gasteiger partial charge in [0.05, 0.1) is 0 Å². The lowest BCUT2D eigenvalue weighted by atomic mass is 9.98. The highest BCUT2D eigenvalue weighted by atomic mass is 14.0. The Hall–Kier alpha value is -0.260. The molecule has 0 fully saturated rings. The van der Waals surface area contributed by atoms with Gasteiger partial charge < -0.3 is 6.58 Å². The molecular weight excluding hydrogens is 72.1 g/mol. The predicted molar refractivity (Wildman–Crippen MR) is 28.3 cm³/mol. The highest BCUT2D eigenvalue weighted by Crippen LogP contribution is 2.11. The monoisotopic (exact) mass is 83.1 g/mol. The average molecular weight is 83.2 g/mol. The standard InChI is InChI=1S/C6H11/c1-5-6(2,3)4/h1,5H,2-4H3/q-1. The van der Waals surface area contributed by atoms with Crippen LogP contribution in [0.4, 0.5) is 0 Å². The summed E-state index contributed by atoms with van der Waals surface area (Å²) in [5, 5.41) is 0. The molecule has 0 aromatic carbocycles. The molecule has 0 heteroatoms. The van der Waals surface area contributed by atoms with Gasteiger partial charge >= 0.3 is 0 Å². The summed E-state index contributed by atoms with van der Waals surface area (Å²) in [5.74, 6) is 0. The molecule has 0 aliphatic rings. The van der Waals surface area contributed by atoms with Crippen molar-refractivity contribution in [3.05, 3.63) is 12.7 Å². The Bertz CT molecular complexity index is 45.5. The van der Waals surface area contributed by atoms with Crippen LogP contribution in [-0.4, -0.2) is 0 Å². The van der Waals surface area contributed by atoms with Gasteiger partial charge in [0.25, 0.3) is 0 Å². The van der Waals surface area contributed by atoms with E-state index in [9.17, 15) is 0 Å². The fourth-order valence-corrected chi connectivity index (χ4v) is 0. The third-order valence-electron chi connectivity index (χ3n) is 0.500. The first kappa shape index (κ1) is 5.74. The second kappa shape index (κ2) is 1.46. The molecular formula is C6H11-. The Kier molecular flexibility index (Phi) is 1.40. The molecule has 0 aliphatic carbocycles. The molecule has 0 spiro atoms. The van der Waals surface area contributed by atoms with Crippen molar-refractivity contribution in [3.8, 4) is 0 Å². The van der Waals surface area contributed by atoms with E-state index in [1.165, 1.54) is 0 Å². The molecule has 0 amide bonds. The molecule has 0 unspecified atom stereocenters. The van der Waals surface area contributed by atoms with Crippen LogP contribution in [0.2, 0.25) is 0 Å². The molecule has 0 nitrogen and oxygen atoms in total. The first-order valence-corrected chi connectivity index (χ1v) is 2.12. The van der Waals surface area contributed by atoms with Crippen molar-refractivity contribution in [3.63, 3.8) is 0 Å². The fourth-order valence-electron chi connectivity index (χ4n) is 0. The summed E-state index contributed by atoms with van der Waals surface area (Å²) in [6.45, 7) is 11.4. The van der Waals surface area contributed by atoms with Crippen LogP contribution < -0.4 is 0 Å². The highest BCUT2D eigenvalue weighted by molar-refractivity contribution is 4.79. The lowest BCUT2D eigenvalue weighted by molar-refractivity contribution is 0.544. The smallest absolute Gasteiger partial charge is 0.0522 e. The Morgan fingerprint density at radius 2 is 1.50 bits per heavy atom. The van der Waals surface area contributed by atoms with E-state index in [0.29, 0.717) is 0 Å². The maximum atomic E-state index is 5.18. The van der Waals surface area contributed by atoms with Crippen LogP contribution in [0.3, 0.4) is 0 Å². The van der Waals surface area contributed by atoms with E-state index in [-0.39, 0.29) is 5.41 Å². The van der Waals surface area contributed by atoms with Crippen LogP contribution in [0.25, 0.3) is 0 Å². The molecule has 36 valence electrons. The normalized spacial score (nSPS) is 11.2. The van der Waals surface area contributed by atoms with Crippen LogP contribution in [0.1, 0.15) is 20.8 Å². The van der Waals surface area contributed by atoms with Crippen molar-refractivity contribution in [2.45, 2.75) is 20.8 Å². The van der Waals surface area contributed by atoms with Crippen LogP contribution in [0, 0.1) is 12.0 Å². The van der Waals surface area contributed by atoms with E-state index >= 15 is 0 Å². The van der Waals surface area contributed by atoms with Crippen LogP contribution in [-0.2, 0) is 0 Å². The quantitative estimate of drug-likeness (QED) is 0.393. The molecule has 0 saturated heterocycles. The van der Waals surface area contributed by atoms with Gasteiger partial charge in [-0.05, 0) is 0 Å². The van der Waals surface area contributed by atoms with Crippen molar-refractivity contribution < 1.29 is 0 Å². The van der Waals surface area contributed by atoms with E-state index in [1.54, 1.807) is 6.08 Å². The summed E-state index contributed by atoms with van der Waals surface area (Å²) >= 11 is 0. The molecule has 0 radical (unpaired) electrons. The summed E-state index contributed by atoms with van der Waals surface area (Å²) in [6.07, 6.45) is 1.69. The van der Waals surface area contributed by atoms with Gasteiger partial charge in [0.2, 0.25) is 0 Å². The van der Waals surface area contributed by atoms with Gasteiger partial charge in [-0.15, -0.1) is 0 Å². The molecule has 0 rings (SSSR count). The molecule has 0 atom stereocenters. The number of hydrogen-bond acceptors (Lipinski definition) is 0. The molecule has 0 heterocycles. The lowest BCUT2D eigenvalue weighted by Gasteiger charge is -2.14. The zero-order chi connectivity index (χ0) is 5.21. The summed E-state index contributed by atoms with van der Waals surface area (Å²) in [7, 11) is 0. The predicted octanol–water partition coefficient (Wildman–Crippen LogP) is 2.02. The van der Waals surface area contributed by atoms with E-state index in [2.05, 4.69) is 20.8 Å². The molecule has 0 N–H and O–H groups in total. The maximum Gasteiger partial charge on any atom is -0.0522 e. The second-order valence-electron chi connectivity index (χ2n) is 2.53. The van der Waals surface area contributed by atoms with Gasteiger partial charge in [0.1, 0.15) is 0 Å². The Labute approximate surface area is 39.9 Å². The van der Waals surface area contributed by atoms with Crippen molar-refractivity contribution >= 4 is 0 Å². The Morgan fingerprint density at radius 1 is 1.33 bits per heavy atom. The van der Waals surface area contributed by atoms with Crippen molar-refractivity contribution in [2.24, 2.45) is 5.41 Å². The Morgan fingerprint density at radius 3 is 1.50 bits per heavy atom. The molecule has 0 bridgehead atoms. The second-order valence-corrected chi connectivity index (χ2v) is 2.53. The first-order chi connectivity index (χ1) is 2.56. The fraction of sp³-hybridized carbons (Fsp3) is 0.667. The van der Waals surface area contributed by atoms with E-state index < -0.39 is 0 Å². The van der Waals surface area contributed by atoms with E-state index in [1.807, 2.05) is 0 Å². The number of rotatable bonds is 0. The largest absolute Gasteiger partial charge is 0.517 e. The highest BCUT2D eigenvalue weighted by Gasteiger charge is 1.95. The molecule has 0 aliphatic heterocycles. The Balaban J connectivity index is 3.45. The minimum absolute atomic E-state index is 0.194. The van der Waals surface area contributed by atoms with Crippen molar-refractivity contribution in [2.75, 3.05) is 0 Å². The van der Waals surface area contributed by atoms with E-state index in [4.69, 9.17) is 6.58 Å². The summed E-state index contributed by atoms with van der Waals surface area (Å²) in [4.78, 5) is 0. The average Bonchev–Trinajstić information content (AvgIpc) is 1.35. The van der Waals surface area contributed by atoms with Crippen molar-refractivity contribution in [1.82, 2.24) is 0 Å². The molecule has 0 aromatic rings. The van der Waals surface area contributed by atoms with Gasteiger partial charge in [-0.1, -0.05) is 26.2 Å². The third kappa shape index (κ3) is 3.74. The maximum absolute atomic E-state index is 5.18. The number of hydrogen-bond donors (Lipinski definition) is 0. The molecule has 0 aromatic heterocycles. The topological polar surface area (TPSA) is 0 Å². The molecule has 6 heavy (non-hydrogen) atoms. The minimum atomic E-state index is 0.194. The van der Waals surface area contributed by atoms with Gasteiger partial charge in [0, 0.05) is 0 Å². The van der Waals surface area contributed by atoms with Gasteiger partial charge in [-0.3, -0.25) is 6.08 Å². The van der Waals surface area contributed by atoms with Crippen LogP contribution in [0.5, 0.6) is 0 Å². The van der Waals surface area contributed by atoms with Crippen LogP contribution in [0.15, 0.2) is 6.08 Å². The number of allylic oxidation sites excluding steroid dienone is 1. The van der Waals surface area contributed by atoms with Crippen LogP contribution >= 0.6 is 0 Å². The zero-order valence-corrected chi connectivity index (χ0v) is 4.65. The summed E-state index contributed by atoms with van der Waals surface area (Å²) in [5.41, 5.74) is 0.194.